The number of hydrogen-bond acceptors (Lipinski definition) is 5. The topological polar surface area (TPSA) is 97.6 Å². The summed E-state index contributed by atoms with van der Waals surface area (Å²) in [5.41, 5.74) is 0.946. The smallest absolute Gasteiger partial charge is 0.241 e. The summed E-state index contributed by atoms with van der Waals surface area (Å²) in [6.45, 7) is 7.67. The third-order valence-electron chi connectivity index (χ3n) is 5.15. The number of carbonyl (C=O) groups is 1. The number of ether oxygens (including phenoxy) is 1. The Morgan fingerprint density at radius 1 is 1.28 bits per heavy atom. The second-order valence-corrected chi connectivity index (χ2v) is 10.1. The van der Waals surface area contributed by atoms with E-state index < -0.39 is 16.1 Å². The van der Waals surface area contributed by atoms with Crippen molar-refractivity contribution >= 4 is 15.9 Å². The van der Waals surface area contributed by atoms with E-state index in [2.05, 4.69) is 23.9 Å². The highest BCUT2D eigenvalue weighted by Gasteiger charge is 2.36. The maximum Gasteiger partial charge on any atom is 0.241 e. The molecule has 0 saturated heterocycles. The van der Waals surface area contributed by atoms with Gasteiger partial charge in [-0.25, -0.2) is 8.42 Å². The van der Waals surface area contributed by atoms with Crippen molar-refractivity contribution in [3.63, 3.8) is 0 Å². The summed E-state index contributed by atoms with van der Waals surface area (Å²) in [7, 11) is -2.33. The van der Waals surface area contributed by atoms with Crippen molar-refractivity contribution in [2.24, 2.45) is 5.41 Å². The Morgan fingerprint density at radius 2 is 1.93 bits per heavy atom. The first-order chi connectivity index (χ1) is 13.5. The standard InChI is InChI=1S/C21H28N2O5S/c1-13-10-17-18(11-21(3,4)12-19(17)28-13)22-20(24)14(2)23-29(25,26)16-8-6-15(27-5)7-9-16/h6-10,14,18,23H,11-12H2,1-5H3,(H,22,24)/t14-,18?/m0/s1. The molecule has 0 aliphatic heterocycles. The van der Waals surface area contributed by atoms with Gasteiger partial charge in [-0.1, -0.05) is 13.8 Å². The molecule has 1 heterocycles. The van der Waals surface area contributed by atoms with Gasteiger partial charge in [-0.3, -0.25) is 4.79 Å². The van der Waals surface area contributed by atoms with Gasteiger partial charge in [0, 0.05) is 12.0 Å². The number of furan rings is 1. The predicted molar refractivity (Wildman–Crippen MR) is 109 cm³/mol. The molecule has 1 aromatic heterocycles. The summed E-state index contributed by atoms with van der Waals surface area (Å²) in [5, 5.41) is 2.99. The molecular weight excluding hydrogens is 392 g/mol. The van der Waals surface area contributed by atoms with Gasteiger partial charge < -0.3 is 14.5 Å². The lowest BCUT2D eigenvalue weighted by Crippen LogP contribution is -2.47. The van der Waals surface area contributed by atoms with E-state index in [-0.39, 0.29) is 22.3 Å². The third-order valence-corrected chi connectivity index (χ3v) is 6.70. The molecule has 0 saturated carbocycles. The molecule has 2 N–H and O–H groups in total. The summed E-state index contributed by atoms with van der Waals surface area (Å²) >= 11 is 0. The number of sulfonamides is 1. The molecule has 1 unspecified atom stereocenters. The lowest BCUT2D eigenvalue weighted by atomic mass is 9.74. The average molecular weight is 421 g/mol. The Morgan fingerprint density at radius 3 is 2.55 bits per heavy atom. The molecule has 0 bridgehead atoms. The Labute approximate surface area is 171 Å². The highest BCUT2D eigenvalue weighted by atomic mass is 32.2. The van der Waals surface area contributed by atoms with Gasteiger partial charge in [0.25, 0.3) is 0 Å². The molecule has 0 radical (unpaired) electrons. The summed E-state index contributed by atoms with van der Waals surface area (Å²) in [4.78, 5) is 12.8. The van der Waals surface area contributed by atoms with Crippen molar-refractivity contribution in [1.29, 1.82) is 0 Å². The minimum atomic E-state index is -3.83. The number of methoxy groups -OCH3 is 1. The number of hydrogen-bond donors (Lipinski definition) is 2. The number of amides is 1. The van der Waals surface area contributed by atoms with Gasteiger partial charge in [0.2, 0.25) is 15.9 Å². The van der Waals surface area contributed by atoms with Crippen LogP contribution in [-0.2, 0) is 21.2 Å². The van der Waals surface area contributed by atoms with Gasteiger partial charge in [0.1, 0.15) is 17.3 Å². The second kappa shape index (κ2) is 7.84. The van der Waals surface area contributed by atoms with Crippen LogP contribution in [0.25, 0.3) is 0 Å². The number of carbonyl (C=O) groups excluding carboxylic acids is 1. The van der Waals surface area contributed by atoms with Crippen LogP contribution in [0.15, 0.2) is 39.6 Å². The number of nitrogens with one attached hydrogen (secondary N) is 2. The van der Waals surface area contributed by atoms with Gasteiger partial charge in [0.15, 0.2) is 0 Å². The van der Waals surface area contributed by atoms with E-state index in [1.165, 1.54) is 26.2 Å². The molecule has 1 amide bonds. The molecule has 7 nitrogen and oxygen atoms in total. The minimum Gasteiger partial charge on any atom is -0.497 e. The fourth-order valence-corrected chi connectivity index (χ4v) is 4.92. The maximum absolute atomic E-state index is 12.8. The van der Waals surface area contributed by atoms with Gasteiger partial charge >= 0.3 is 0 Å². The number of benzene rings is 1. The molecule has 0 spiro atoms. The fourth-order valence-electron chi connectivity index (χ4n) is 3.72. The van der Waals surface area contributed by atoms with E-state index in [4.69, 9.17) is 9.15 Å². The zero-order chi connectivity index (χ0) is 21.4. The Bertz CT molecular complexity index is 993. The van der Waals surface area contributed by atoms with Crippen molar-refractivity contribution in [3.05, 3.63) is 47.4 Å². The normalized spacial score (nSPS) is 19.3. The molecule has 0 fully saturated rings. The van der Waals surface area contributed by atoms with E-state index in [1.807, 2.05) is 13.0 Å². The van der Waals surface area contributed by atoms with Crippen LogP contribution in [0.4, 0.5) is 0 Å². The monoisotopic (exact) mass is 420 g/mol. The molecule has 1 aliphatic rings. The van der Waals surface area contributed by atoms with Crippen molar-refractivity contribution < 1.29 is 22.4 Å². The van der Waals surface area contributed by atoms with Gasteiger partial charge in [0.05, 0.1) is 24.1 Å². The van der Waals surface area contributed by atoms with Crippen LogP contribution < -0.4 is 14.8 Å². The molecule has 1 aliphatic carbocycles. The summed E-state index contributed by atoms with van der Waals surface area (Å²) < 4.78 is 38.5. The van der Waals surface area contributed by atoms with E-state index in [1.54, 1.807) is 12.1 Å². The molecule has 29 heavy (non-hydrogen) atoms. The van der Waals surface area contributed by atoms with E-state index in [0.717, 1.165) is 29.9 Å². The van der Waals surface area contributed by atoms with Gasteiger partial charge in [-0.15, -0.1) is 0 Å². The second-order valence-electron chi connectivity index (χ2n) is 8.36. The largest absolute Gasteiger partial charge is 0.497 e. The molecule has 2 aromatic rings. The molecule has 158 valence electrons. The molecule has 8 heteroatoms. The third kappa shape index (κ3) is 4.82. The van der Waals surface area contributed by atoms with Crippen molar-refractivity contribution in [2.45, 2.75) is 57.5 Å². The summed E-state index contributed by atoms with van der Waals surface area (Å²) in [6, 6.07) is 6.81. The van der Waals surface area contributed by atoms with Gasteiger partial charge in [-0.05, 0) is 56.0 Å². The van der Waals surface area contributed by atoms with Crippen molar-refractivity contribution in [3.8, 4) is 5.75 Å². The number of aryl methyl sites for hydroxylation is 1. The van der Waals surface area contributed by atoms with Crippen molar-refractivity contribution in [2.75, 3.05) is 7.11 Å². The average Bonchev–Trinajstić information content (AvgIpc) is 3.00. The zero-order valence-electron chi connectivity index (χ0n) is 17.4. The van der Waals surface area contributed by atoms with Crippen molar-refractivity contribution in [1.82, 2.24) is 10.0 Å². The highest BCUT2D eigenvalue weighted by Crippen LogP contribution is 2.42. The maximum atomic E-state index is 12.8. The van der Waals surface area contributed by atoms with Crippen LogP contribution >= 0.6 is 0 Å². The Kier molecular flexibility index (Phi) is 5.78. The summed E-state index contributed by atoms with van der Waals surface area (Å²) in [5.74, 6) is 1.87. The molecule has 3 rings (SSSR count). The predicted octanol–water partition coefficient (Wildman–Crippen LogP) is 3.09. The molecular formula is C21H28N2O5S. The minimum absolute atomic E-state index is 0.0267. The first kappa shape index (κ1) is 21.4. The van der Waals surface area contributed by atoms with E-state index in [0.29, 0.717) is 5.75 Å². The number of rotatable bonds is 6. The lowest BCUT2D eigenvalue weighted by Gasteiger charge is -2.35. The van der Waals surface area contributed by atoms with E-state index in [9.17, 15) is 13.2 Å². The van der Waals surface area contributed by atoms with Crippen LogP contribution in [0.5, 0.6) is 5.75 Å². The fraction of sp³-hybridized carbons (Fsp3) is 0.476. The van der Waals surface area contributed by atoms with Crippen LogP contribution in [0.3, 0.4) is 0 Å². The lowest BCUT2D eigenvalue weighted by molar-refractivity contribution is -0.123. The van der Waals surface area contributed by atoms with Crippen LogP contribution in [0.1, 0.15) is 50.3 Å². The Hall–Kier alpha value is -2.32. The SMILES string of the molecule is COc1ccc(S(=O)(=O)N[C@@H](C)C(=O)NC2CC(C)(C)Cc3oc(C)cc32)cc1. The summed E-state index contributed by atoms with van der Waals surface area (Å²) in [6.07, 6.45) is 1.56. The quantitative estimate of drug-likeness (QED) is 0.748. The van der Waals surface area contributed by atoms with Crippen LogP contribution in [0.2, 0.25) is 0 Å². The highest BCUT2D eigenvalue weighted by molar-refractivity contribution is 7.89. The molecule has 2 atom stereocenters. The molecule has 1 aromatic carbocycles. The first-order valence-electron chi connectivity index (χ1n) is 9.57. The Balaban J connectivity index is 1.72. The van der Waals surface area contributed by atoms with E-state index >= 15 is 0 Å². The zero-order valence-corrected chi connectivity index (χ0v) is 18.2. The first-order valence-corrected chi connectivity index (χ1v) is 11.0. The van der Waals surface area contributed by atoms with Crippen LogP contribution in [0, 0.1) is 12.3 Å². The number of fused-ring (bicyclic) bond motifs is 1. The van der Waals surface area contributed by atoms with Gasteiger partial charge in [-0.2, -0.15) is 4.72 Å². The van der Waals surface area contributed by atoms with Crippen LogP contribution in [-0.4, -0.2) is 27.5 Å².